The molecule has 6 nitrogen and oxygen atoms in total. The van der Waals surface area contributed by atoms with Crippen LogP contribution in [0.5, 0.6) is 0 Å². The van der Waals surface area contributed by atoms with E-state index in [0.29, 0.717) is 0 Å². The monoisotopic (exact) mass is 311 g/mol. The van der Waals surface area contributed by atoms with Crippen molar-refractivity contribution in [3.63, 3.8) is 0 Å². The highest BCUT2D eigenvalue weighted by Gasteiger charge is 2.29. The van der Waals surface area contributed by atoms with Gasteiger partial charge in [-0.25, -0.2) is 4.98 Å². The average molecular weight is 312 g/mol. The molecule has 1 aliphatic rings. The van der Waals surface area contributed by atoms with Crippen LogP contribution in [0.25, 0.3) is 0 Å². The van der Waals surface area contributed by atoms with Crippen molar-refractivity contribution in [2.24, 2.45) is 5.41 Å². The van der Waals surface area contributed by atoms with Gasteiger partial charge in [0.2, 0.25) is 0 Å². The number of nitro groups is 1. The molecule has 1 atom stereocenters. The van der Waals surface area contributed by atoms with Crippen molar-refractivity contribution in [2.75, 3.05) is 0 Å². The van der Waals surface area contributed by atoms with E-state index in [-0.39, 0.29) is 27.9 Å². The Hall–Kier alpha value is -1.69. The Kier molecular flexibility index (Phi) is 4.46. The summed E-state index contributed by atoms with van der Waals surface area (Å²) in [5.41, 5.74) is 0.00348. The van der Waals surface area contributed by atoms with Crippen LogP contribution in [0.3, 0.4) is 0 Å². The third-order valence-electron chi connectivity index (χ3n) is 3.82. The molecule has 0 radical (unpaired) electrons. The molecule has 1 aromatic rings. The number of halogens is 1. The van der Waals surface area contributed by atoms with E-state index in [9.17, 15) is 14.9 Å². The summed E-state index contributed by atoms with van der Waals surface area (Å²) in [6.45, 7) is 4.35. The number of nitrogens with zero attached hydrogens (tertiary/aromatic N) is 2. The summed E-state index contributed by atoms with van der Waals surface area (Å²) in [4.78, 5) is 26.1. The van der Waals surface area contributed by atoms with Gasteiger partial charge in [-0.3, -0.25) is 14.9 Å². The van der Waals surface area contributed by atoms with Gasteiger partial charge in [0.15, 0.2) is 0 Å². The van der Waals surface area contributed by atoms with Crippen LogP contribution in [-0.2, 0) is 0 Å². The Bertz CT molecular complexity index is 575. The standard InChI is InChI=1S/C14H18ClN3O3/c1-14(2)5-3-4-9(7-14)17-13(19)11-6-10(18(20)21)8-16-12(11)15/h6,8-9H,3-5,7H2,1-2H3,(H,17,19). The van der Waals surface area contributed by atoms with E-state index in [1.54, 1.807) is 0 Å². The predicted molar refractivity (Wildman–Crippen MR) is 79.4 cm³/mol. The largest absolute Gasteiger partial charge is 0.349 e. The van der Waals surface area contributed by atoms with Gasteiger partial charge in [-0.1, -0.05) is 31.9 Å². The van der Waals surface area contributed by atoms with E-state index >= 15 is 0 Å². The van der Waals surface area contributed by atoms with Crippen LogP contribution in [0.15, 0.2) is 12.3 Å². The highest BCUT2D eigenvalue weighted by molar-refractivity contribution is 6.32. The first-order valence-electron chi connectivity index (χ1n) is 6.89. The van der Waals surface area contributed by atoms with Crippen LogP contribution in [0.4, 0.5) is 5.69 Å². The lowest BCUT2D eigenvalue weighted by atomic mass is 9.75. The first-order chi connectivity index (χ1) is 9.78. The zero-order valence-electron chi connectivity index (χ0n) is 12.1. The Morgan fingerprint density at radius 1 is 1.57 bits per heavy atom. The number of carbonyl (C=O) groups is 1. The molecular weight excluding hydrogens is 294 g/mol. The van der Waals surface area contributed by atoms with Crippen molar-refractivity contribution in [1.82, 2.24) is 10.3 Å². The van der Waals surface area contributed by atoms with Gasteiger partial charge < -0.3 is 5.32 Å². The number of amides is 1. The number of aromatic nitrogens is 1. The maximum atomic E-state index is 12.3. The average Bonchev–Trinajstić information content (AvgIpc) is 2.37. The number of nitrogens with one attached hydrogen (secondary N) is 1. The molecule has 1 heterocycles. The summed E-state index contributed by atoms with van der Waals surface area (Å²) in [6.07, 6.45) is 5.04. The lowest BCUT2D eigenvalue weighted by Gasteiger charge is -2.35. The fourth-order valence-corrected chi connectivity index (χ4v) is 2.97. The molecule has 1 aromatic heterocycles. The normalized spacial score (nSPS) is 20.8. The Morgan fingerprint density at radius 3 is 2.90 bits per heavy atom. The molecule has 1 aliphatic carbocycles. The first-order valence-corrected chi connectivity index (χ1v) is 7.27. The second kappa shape index (κ2) is 5.97. The zero-order valence-corrected chi connectivity index (χ0v) is 12.8. The smallest absolute Gasteiger partial charge is 0.288 e. The van der Waals surface area contributed by atoms with Crippen LogP contribution in [0.2, 0.25) is 5.15 Å². The van der Waals surface area contributed by atoms with Crippen molar-refractivity contribution < 1.29 is 9.72 Å². The fraction of sp³-hybridized carbons (Fsp3) is 0.571. The van der Waals surface area contributed by atoms with Crippen LogP contribution in [0.1, 0.15) is 49.9 Å². The van der Waals surface area contributed by atoms with Gasteiger partial charge in [-0.05, 0) is 24.7 Å². The topological polar surface area (TPSA) is 85.1 Å². The molecule has 114 valence electrons. The minimum Gasteiger partial charge on any atom is -0.349 e. The molecule has 0 bridgehead atoms. The molecule has 0 saturated heterocycles. The minimum absolute atomic E-state index is 0.0202. The number of hydrogen-bond acceptors (Lipinski definition) is 4. The molecule has 0 aromatic carbocycles. The van der Waals surface area contributed by atoms with Crippen LogP contribution >= 0.6 is 11.6 Å². The van der Waals surface area contributed by atoms with Gasteiger partial charge in [0.25, 0.3) is 11.6 Å². The zero-order chi connectivity index (χ0) is 15.6. The van der Waals surface area contributed by atoms with Crippen molar-refractivity contribution in [1.29, 1.82) is 0 Å². The lowest BCUT2D eigenvalue weighted by Crippen LogP contribution is -2.40. The third kappa shape index (κ3) is 3.91. The number of pyridine rings is 1. The van der Waals surface area contributed by atoms with Crippen molar-refractivity contribution in [3.8, 4) is 0 Å². The van der Waals surface area contributed by atoms with Gasteiger partial charge >= 0.3 is 0 Å². The van der Waals surface area contributed by atoms with E-state index in [2.05, 4.69) is 24.1 Å². The Labute approximate surface area is 128 Å². The molecule has 1 saturated carbocycles. The second-order valence-corrected chi connectivity index (χ2v) is 6.58. The summed E-state index contributed by atoms with van der Waals surface area (Å²) in [5, 5.41) is 13.6. The molecule has 21 heavy (non-hydrogen) atoms. The summed E-state index contributed by atoms with van der Waals surface area (Å²) in [6, 6.07) is 1.23. The molecule has 0 spiro atoms. The number of hydrogen-bond donors (Lipinski definition) is 1. The van der Waals surface area contributed by atoms with Gasteiger partial charge in [-0.2, -0.15) is 0 Å². The minimum atomic E-state index is -0.593. The van der Waals surface area contributed by atoms with Crippen molar-refractivity contribution in [3.05, 3.63) is 33.1 Å². The van der Waals surface area contributed by atoms with Crippen molar-refractivity contribution in [2.45, 2.75) is 45.6 Å². The second-order valence-electron chi connectivity index (χ2n) is 6.22. The first kappa shape index (κ1) is 15.7. The fourth-order valence-electron chi connectivity index (χ4n) is 2.78. The van der Waals surface area contributed by atoms with Crippen LogP contribution in [0, 0.1) is 15.5 Å². The highest BCUT2D eigenvalue weighted by atomic mass is 35.5. The van der Waals surface area contributed by atoms with E-state index in [4.69, 9.17) is 11.6 Å². The quantitative estimate of drug-likeness (QED) is 0.527. The molecular formula is C14H18ClN3O3. The summed E-state index contributed by atoms with van der Waals surface area (Å²) in [5.74, 6) is -0.404. The molecule has 1 fully saturated rings. The van der Waals surface area contributed by atoms with Gasteiger partial charge in [0.1, 0.15) is 11.3 Å². The Morgan fingerprint density at radius 2 is 2.29 bits per heavy atom. The third-order valence-corrected chi connectivity index (χ3v) is 4.12. The van der Waals surface area contributed by atoms with Crippen LogP contribution in [-0.4, -0.2) is 21.9 Å². The van der Waals surface area contributed by atoms with E-state index in [0.717, 1.165) is 31.9 Å². The number of carbonyl (C=O) groups excluding carboxylic acids is 1. The van der Waals surface area contributed by atoms with Gasteiger partial charge in [-0.15, -0.1) is 0 Å². The molecule has 2 rings (SSSR count). The highest BCUT2D eigenvalue weighted by Crippen LogP contribution is 2.35. The van der Waals surface area contributed by atoms with Gasteiger partial charge in [0.05, 0.1) is 10.5 Å². The van der Waals surface area contributed by atoms with E-state index < -0.39 is 10.8 Å². The van der Waals surface area contributed by atoms with Gasteiger partial charge in [0, 0.05) is 12.1 Å². The molecule has 0 aliphatic heterocycles. The van der Waals surface area contributed by atoms with E-state index in [1.165, 1.54) is 6.07 Å². The van der Waals surface area contributed by atoms with Crippen LogP contribution < -0.4 is 5.32 Å². The molecule has 7 heteroatoms. The predicted octanol–water partition coefficient (Wildman–Crippen LogP) is 3.34. The molecule has 1 amide bonds. The number of rotatable bonds is 3. The molecule has 1 N–H and O–H groups in total. The molecule has 1 unspecified atom stereocenters. The summed E-state index contributed by atoms with van der Waals surface area (Å²) >= 11 is 5.87. The Balaban J connectivity index is 2.13. The summed E-state index contributed by atoms with van der Waals surface area (Å²) in [7, 11) is 0. The van der Waals surface area contributed by atoms with Crippen molar-refractivity contribution >= 4 is 23.2 Å². The lowest BCUT2D eigenvalue weighted by molar-refractivity contribution is -0.385. The summed E-state index contributed by atoms with van der Waals surface area (Å²) < 4.78 is 0. The maximum Gasteiger partial charge on any atom is 0.288 e. The SMILES string of the molecule is CC1(C)CCCC(NC(=O)c2cc([N+](=O)[O-])cnc2Cl)C1. The van der Waals surface area contributed by atoms with E-state index in [1.807, 2.05) is 0 Å². The maximum absolute atomic E-state index is 12.3.